The SMILES string of the molecule is CCCCC/C=C/CCCCCCC(C)(C)C(=O)NC(CC)C(CC(=O)O)NC(=O)C1OC(C)(C)OCC1(C)C. The Balaban J connectivity index is 2.66. The lowest BCUT2D eigenvalue weighted by Gasteiger charge is -2.45. The highest BCUT2D eigenvalue weighted by atomic mass is 16.7. The number of carboxylic acid groups (broad SMARTS) is 1. The van der Waals surface area contributed by atoms with Gasteiger partial charge >= 0.3 is 5.97 Å². The quantitative estimate of drug-likeness (QED) is 0.121. The van der Waals surface area contributed by atoms with Gasteiger partial charge in [-0.3, -0.25) is 14.4 Å². The van der Waals surface area contributed by atoms with Crippen LogP contribution >= 0.6 is 0 Å². The third kappa shape index (κ3) is 13.2. The summed E-state index contributed by atoms with van der Waals surface area (Å²) in [6, 6.07) is -1.29. The Morgan fingerprint density at radius 3 is 2.10 bits per heavy atom. The zero-order valence-corrected chi connectivity index (χ0v) is 26.6. The van der Waals surface area contributed by atoms with Gasteiger partial charge in [-0.1, -0.05) is 85.8 Å². The summed E-state index contributed by atoms with van der Waals surface area (Å²) in [4.78, 5) is 38.3. The van der Waals surface area contributed by atoms with E-state index in [0.717, 1.165) is 38.5 Å². The van der Waals surface area contributed by atoms with Crippen LogP contribution in [0.5, 0.6) is 0 Å². The number of aliphatic carboxylic acids is 1. The van der Waals surface area contributed by atoms with Crippen molar-refractivity contribution in [3.63, 3.8) is 0 Å². The maximum atomic E-state index is 13.3. The molecule has 1 aliphatic heterocycles. The lowest BCUT2D eigenvalue weighted by molar-refractivity contribution is -0.304. The third-order valence-electron chi connectivity index (χ3n) is 7.78. The standard InChI is InChI=1S/C32H58N2O6/c1-9-11-12-13-14-15-16-17-18-19-20-21-30(3,4)29(38)34-24(10-2)25(22-26(35)36)33-28(37)27-31(5,6)23-39-32(7,8)40-27/h14-15,24-25,27H,9-13,16-23H2,1-8H3,(H,33,37)(H,34,38)(H,35,36)/b15-14+. The average molecular weight is 567 g/mol. The topological polar surface area (TPSA) is 114 Å². The molecule has 0 aliphatic carbocycles. The molecule has 40 heavy (non-hydrogen) atoms. The largest absolute Gasteiger partial charge is 0.481 e. The molecule has 232 valence electrons. The molecule has 3 unspecified atom stereocenters. The lowest BCUT2D eigenvalue weighted by atomic mass is 9.84. The van der Waals surface area contributed by atoms with Gasteiger partial charge in [-0.25, -0.2) is 0 Å². The van der Waals surface area contributed by atoms with Gasteiger partial charge in [-0.15, -0.1) is 0 Å². The molecular weight excluding hydrogens is 508 g/mol. The first-order chi connectivity index (χ1) is 18.6. The second-order valence-corrected chi connectivity index (χ2v) is 13.2. The van der Waals surface area contributed by atoms with E-state index in [4.69, 9.17) is 9.47 Å². The van der Waals surface area contributed by atoms with Crippen molar-refractivity contribution < 1.29 is 29.0 Å². The van der Waals surface area contributed by atoms with Gasteiger partial charge in [0.1, 0.15) is 6.10 Å². The van der Waals surface area contributed by atoms with Gasteiger partial charge in [0.15, 0.2) is 5.79 Å². The number of nitrogens with one attached hydrogen (secondary N) is 2. The van der Waals surface area contributed by atoms with E-state index in [2.05, 4.69) is 29.7 Å². The molecule has 0 aromatic heterocycles. The molecule has 3 N–H and O–H groups in total. The zero-order valence-electron chi connectivity index (χ0n) is 26.6. The summed E-state index contributed by atoms with van der Waals surface area (Å²) in [5, 5.41) is 15.5. The number of allylic oxidation sites excluding steroid dienone is 2. The van der Waals surface area contributed by atoms with Gasteiger partial charge in [-0.05, 0) is 52.4 Å². The van der Waals surface area contributed by atoms with Gasteiger partial charge in [0, 0.05) is 16.9 Å². The number of carbonyl (C=O) groups is 3. The van der Waals surface area contributed by atoms with Crippen LogP contribution < -0.4 is 10.6 Å². The van der Waals surface area contributed by atoms with Crippen molar-refractivity contribution in [2.24, 2.45) is 10.8 Å². The van der Waals surface area contributed by atoms with Crippen LogP contribution in [0.4, 0.5) is 0 Å². The average Bonchev–Trinajstić information content (AvgIpc) is 2.86. The van der Waals surface area contributed by atoms with Crippen LogP contribution in [-0.2, 0) is 23.9 Å². The summed E-state index contributed by atoms with van der Waals surface area (Å²) in [7, 11) is 0. The van der Waals surface area contributed by atoms with Crippen molar-refractivity contribution in [1.82, 2.24) is 10.6 Å². The highest BCUT2D eigenvalue weighted by Gasteiger charge is 2.46. The van der Waals surface area contributed by atoms with E-state index in [1.807, 2.05) is 34.6 Å². The molecule has 1 heterocycles. The fourth-order valence-corrected chi connectivity index (χ4v) is 4.96. The van der Waals surface area contributed by atoms with E-state index >= 15 is 0 Å². The maximum absolute atomic E-state index is 13.3. The number of rotatable bonds is 19. The van der Waals surface area contributed by atoms with Crippen molar-refractivity contribution in [3.8, 4) is 0 Å². The second kappa shape index (κ2) is 17.1. The van der Waals surface area contributed by atoms with Crippen molar-refractivity contribution in [2.45, 2.75) is 156 Å². The number of unbranched alkanes of at least 4 members (excludes halogenated alkanes) is 7. The van der Waals surface area contributed by atoms with E-state index in [-0.39, 0.29) is 12.3 Å². The van der Waals surface area contributed by atoms with Crippen LogP contribution in [-0.4, -0.2) is 53.5 Å². The highest BCUT2D eigenvalue weighted by Crippen LogP contribution is 2.35. The first-order valence-electron chi connectivity index (χ1n) is 15.4. The molecule has 1 fully saturated rings. The van der Waals surface area contributed by atoms with Crippen molar-refractivity contribution in [2.75, 3.05) is 6.61 Å². The molecule has 0 bridgehead atoms. The van der Waals surface area contributed by atoms with Gasteiger partial charge in [-0.2, -0.15) is 0 Å². The summed E-state index contributed by atoms with van der Waals surface area (Å²) in [5.41, 5.74) is -1.19. The molecule has 0 saturated carbocycles. The molecule has 1 rings (SSSR count). The van der Waals surface area contributed by atoms with E-state index in [1.54, 1.807) is 13.8 Å². The van der Waals surface area contributed by atoms with E-state index < -0.39 is 46.7 Å². The van der Waals surface area contributed by atoms with Crippen LogP contribution in [0.3, 0.4) is 0 Å². The minimum atomic E-state index is -1.04. The number of hydrogen-bond donors (Lipinski definition) is 3. The third-order valence-corrected chi connectivity index (χ3v) is 7.78. The Hall–Kier alpha value is -1.93. The lowest BCUT2D eigenvalue weighted by Crippen LogP contribution is -2.61. The number of amides is 2. The van der Waals surface area contributed by atoms with Crippen LogP contribution in [0, 0.1) is 10.8 Å². The van der Waals surface area contributed by atoms with Crippen LogP contribution in [0.2, 0.25) is 0 Å². The fraction of sp³-hybridized carbons (Fsp3) is 0.844. The van der Waals surface area contributed by atoms with E-state index in [9.17, 15) is 19.5 Å². The van der Waals surface area contributed by atoms with E-state index in [1.165, 1.54) is 25.7 Å². The normalized spacial score (nSPS) is 20.1. The molecule has 0 radical (unpaired) electrons. The summed E-state index contributed by atoms with van der Waals surface area (Å²) in [6.45, 7) is 15.6. The molecule has 0 spiro atoms. The molecular formula is C32H58N2O6. The van der Waals surface area contributed by atoms with Crippen LogP contribution in [0.15, 0.2) is 12.2 Å². The van der Waals surface area contributed by atoms with Gasteiger partial charge in [0.05, 0.1) is 19.1 Å². The zero-order chi connectivity index (χ0) is 30.4. The number of carbonyl (C=O) groups excluding carboxylic acids is 2. The molecule has 0 aromatic rings. The van der Waals surface area contributed by atoms with Gasteiger partial charge in [0.25, 0.3) is 0 Å². The molecule has 1 aliphatic rings. The van der Waals surface area contributed by atoms with E-state index in [0.29, 0.717) is 13.0 Å². The van der Waals surface area contributed by atoms with Gasteiger partial charge < -0.3 is 25.2 Å². The van der Waals surface area contributed by atoms with Crippen molar-refractivity contribution >= 4 is 17.8 Å². The summed E-state index contributed by atoms with van der Waals surface area (Å²) in [6.07, 6.45) is 15.1. The first kappa shape index (κ1) is 36.1. The molecule has 1 saturated heterocycles. The molecule has 2 amide bonds. The Bertz CT molecular complexity index is 820. The Morgan fingerprint density at radius 2 is 1.52 bits per heavy atom. The monoisotopic (exact) mass is 566 g/mol. The highest BCUT2D eigenvalue weighted by molar-refractivity contribution is 5.84. The fourth-order valence-electron chi connectivity index (χ4n) is 4.96. The molecule has 3 atom stereocenters. The molecule has 8 nitrogen and oxygen atoms in total. The molecule has 8 heteroatoms. The minimum absolute atomic E-state index is 0.122. The smallest absolute Gasteiger partial charge is 0.305 e. The Morgan fingerprint density at radius 1 is 0.925 bits per heavy atom. The number of hydrogen-bond acceptors (Lipinski definition) is 5. The maximum Gasteiger partial charge on any atom is 0.305 e. The summed E-state index contributed by atoms with van der Waals surface area (Å²) in [5.74, 6) is -2.48. The predicted octanol–water partition coefficient (Wildman–Crippen LogP) is 6.52. The van der Waals surface area contributed by atoms with Gasteiger partial charge in [0.2, 0.25) is 11.8 Å². The number of carboxylic acids is 1. The van der Waals surface area contributed by atoms with Crippen molar-refractivity contribution in [3.05, 3.63) is 12.2 Å². The Labute approximate surface area is 243 Å². The first-order valence-corrected chi connectivity index (χ1v) is 15.4. The second-order valence-electron chi connectivity index (χ2n) is 13.2. The summed E-state index contributed by atoms with van der Waals surface area (Å²) < 4.78 is 11.7. The Kier molecular flexibility index (Phi) is 15.5. The predicted molar refractivity (Wildman–Crippen MR) is 160 cm³/mol. The van der Waals surface area contributed by atoms with Crippen LogP contribution in [0.1, 0.15) is 132 Å². The molecule has 0 aromatic carbocycles. The minimum Gasteiger partial charge on any atom is -0.481 e. The van der Waals surface area contributed by atoms with Crippen LogP contribution in [0.25, 0.3) is 0 Å². The number of ether oxygens (including phenoxy) is 2. The summed E-state index contributed by atoms with van der Waals surface area (Å²) >= 11 is 0. The van der Waals surface area contributed by atoms with Crippen molar-refractivity contribution in [1.29, 1.82) is 0 Å².